The summed E-state index contributed by atoms with van der Waals surface area (Å²) in [6.45, 7) is 1.36. The van der Waals surface area contributed by atoms with Crippen molar-refractivity contribution in [3.63, 3.8) is 0 Å². The first-order chi connectivity index (χ1) is 9.83. The molecule has 1 atom stereocenters. The summed E-state index contributed by atoms with van der Waals surface area (Å²) in [5, 5.41) is 3.18. The second-order valence-electron chi connectivity index (χ2n) is 4.66. The molecule has 20 heavy (non-hydrogen) atoms. The fraction of sp³-hybridized carbons (Fsp3) is 0.294. The Morgan fingerprint density at radius 1 is 1.05 bits per heavy atom. The van der Waals surface area contributed by atoms with Crippen molar-refractivity contribution in [2.75, 3.05) is 20.7 Å². The predicted octanol–water partition coefficient (Wildman–Crippen LogP) is 3.17. The van der Waals surface area contributed by atoms with Gasteiger partial charge in [0.2, 0.25) is 0 Å². The van der Waals surface area contributed by atoms with Crippen molar-refractivity contribution in [2.45, 2.75) is 12.7 Å². The average molecular weight is 271 g/mol. The average Bonchev–Trinajstić information content (AvgIpc) is 2.48. The van der Waals surface area contributed by atoms with E-state index in [4.69, 9.17) is 9.47 Å². The van der Waals surface area contributed by atoms with Crippen LogP contribution in [0, 0.1) is 0 Å². The van der Waals surface area contributed by atoms with E-state index in [1.165, 1.54) is 5.56 Å². The number of ether oxygens (including phenoxy) is 2. The van der Waals surface area contributed by atoms with E-state index in [2.05, 4.69) is 17.4 Å². The molecule has 0 aliphatic heterocycles. The van der Waals surface area contributed by atoms with Crippen LogP contribution < -0.4 is 10.1 Å². The molecule has 1 unspecified atom stereocenters. The summed E-state index contributed by atoms with van der Waals surface area (Å²) in [7, 11) is 3.63. The Morgan fingerprint density at radius 3 is 2.55 bits per heavy atom. The lowest BCUT2D eigenvalue weighted by Crippen LogP contribution is -2.21. The molecule has 2 aromatic carbocycles. The number of methoxy groups -OCH3 is 1. The molecule has 0 aliphatic rings. The molecule has 0 fully saturated rings. The molecule has 3 heteroatoms. The molecule has 0 aromatic heterocycles. The van der Waals surface area contributed by atoms with Gasteiger partial charge in [0.15, 0.2) is 0 Å². The molecule has 2 rings (SSSR count). The normalized spacial score (nSPS) is 12.1. The number of hydrogen-bond donors (Lipinski definition) is 1. The molecular formula is C17H21NO2. The van der Waals surface area contributed by atoms with Gasteiger partial charge in [0.05, 0.1) is 6.61 Å². The van der Waals surface area contributed by atoms with Crippen LogP contribution in [0.15, 0.2) is 54.6 Å². The van der Waals surface area contributed by atoms with Crippen molar-refractivity contribution in [3.05, 3.63) is 65.7 Å². The third-order valence-corrected chi connectivity index (χ3v) is 3.05. The van der Waals surface area contributed by atoms with E-state index >= 15 is 0 Å². The maximum Gasteiger partial charge on any atom is 0.136 e. The van der Waals surface area contributed by atoms with Gasteiger partial charge in [-0.1, -0.05) is 42.5 Å². The molecule has 3 nitrogen and oxygen atoms in total. The lowest BCUT2D eigenvalue weighted by Gasteiger charge is -2.19. The Kier molecular flexibility index (Phi) is 5.59. The highest BCUT2D eigenvalue weighted by molar-refractivity contribution is 5.29. The van der Waals surface area contributed by atoms with E-state index in [9.17, 15) is 0 Å². The van der Waals surface area contributed by atoms with Crippen molar-refractivity contribution in [1.82, 2.24) is 5.32 Å². The van der Waals surface area contributed by atoms with E-state index in [1.54, 1.807) is 7.11 Å². The zero-order valence-corrected chi connectivity index (χ0v) is 12.0. The van der Waals surface area contributed by atoms with Crippen LogP contribution in [0.1, 0.15) is 17.2 Å². The molecule has 2 aromatic rings. The molecule has 0 aliphatic carbocycles. The van der Waals surface area contributed by atoms with Gasteiger partial charge in [-0.25, -0.2) is 0 Å². The molecule has 1 N–H and O–H groups in total. The summed E-state index contributed by atoms with van der Waals surface area (Å²) in [6.07, 6.45) is -0.000931. The zero-order chi connectivity index (χ0) is 14.2. The maximum absolute atomic E-state index is 6.11. The van der Waals surface area contributed by atoms with Crippen LogP contribution in [0.5, 0.6) is 5.75 Å². The minimum Gasteiger partial charge on any atom is -0.484 e. The van der Waals surface area contributed by atoms with Crippen LogP contribution in [0.25, 0.3) is 0 Å². The maximum atomic E-state index is 6.11. The number of rotatable bonds is 7. The highest BCUT2D eigenvalue weighted by Gasteiger charge is 2.12. The number of hydrogen-bond acceptors (Lipinski definition) is 3. The molecule has 0 spiro atoms. The lowest BCUT2D eigenvalue weighted by molar-refractivity contribution is 0.182. The summed E-state index contributed by atoms with van der Waals surface area (Å²) >= 11 is 0. The highest BCUT2D eigenvalue weighted by Crippen LogP contribution is 2.22. The summed E-state index contributed by atoms with van der Waals surface area (Å²) < 4.78 is 11.3. The van der Waals surface area contributed by atoms with Gasteiger partial charge in [0.25, 0.3) is 0 Å². The van der Waals surface area contributed by atoms with Crippen molar-refractivity contribution < 1.29 is 9.47 Å². The van der Waals surface area contributed by atoms with Gasteiger partial charge in [-0.05, 0) is 30.3 Å². The van der Waals surface area contributed by atoms with Crippen LogP contribution in [0.4, 0.5) is 0 Å². The van der Waals surface area contributed by atoms with Gasteiger partial charge in [0.1, 0.15) is 11.9 Å². The quantitative estimate of drug-likeness (QED) is 0.839. The summed E-state index contributed by atoms with van der Waals surface area (Å²) in [5.41, 5.74) is 2.28. The number of likely N-dealkylation sites (N-methyl/N-ethyl adjacent to an activating group) is 1. The van der Waals surface area contributed by atoms with E-state index in [1.807, 2.05) is 49.5 Å². The SMILES string of the molecule is CNCC(Oc1cccc(COC)c1)c1ccccc1. The Balaban J connectivity index is 2.14. The first-order valence-electron chi connectivity index (χ1n) is 6.77. The summed E-state index contributed by atoms with van der Waals surface area (Å²) in [6, 6.07) is 18.3. The molecule has 0 radical (unpaired) electrons. The highest BCUT2D eigenvalue weighted by atomic mass is 16.5. The van der Waals surface area contributed by atoms with Gasteiger partial charge in [0, 0.05) is 13.7 Å². The Labute approximate surface area is 120 Å². The third kappa shape index (κ3) is 4.08. The Morgan fingerprint density at radius 2 is 1.85 bits per heavy atom. The van der Waals surface area contributed by atoms with Crippen LogP contribution in [-0.4, -0.2) is 20.7 Å². The fourth-order valence-electron chi connectivity index (χ4n) is 2.12. The largest absolute Gasteiger partial charge is 0.484 e. The van der Waals surface area contributed by atoms with Crippen LogP contribution in [0.3, 0.4) is 0 Å². The smallest absolute Gasteiger partial charge is 0.136 e. The van der Waals surface area contributed by atoms with Gasteiger partial charge >= 0.3 is 0 Å². The lowest BCUT2D eigenvalue weighted by atomic mass is 10.1. The van der Waals surface area contributed by atoms with Crippen LogP contribution >= 0.6 is 0 Å². The molecule has 0 heterocycles. The third-order valence-electron chi connectivity index (χ3n) is 3.05. The van der Waals surface area contributed by atoms with E-state index in [-0.39, 0.29) is 6.10 Å². The van der Waals surface area contributed by atoms with Crippen LogP contribution in [0.2, 0.25) is 0 Å². The molecule has 0 saturated carbocycles. The van der Waals surface area contributed by atoms with Crippen molar-refractivity contribution in [1.29, 1.82) is 0 Å². The van der Waals surface area contributed by atoms with Crippen molar-refractivity contribution in [2.24, 2.45) is 0 Å². The monoisotopic (exact) mass is 271 g/mol. The zero-order valence-electron chi connectivity index (χ0n) is 12.0. The first kappa shape index (κ1) is 14.6. The molecular weight excluding hydrogens is 250 g/mol. The summed E-state index contributed by atoms with van der Waals surface area (Å²) in [4.78, 5) is 0. The minimum absolute atomic E-state index is 0.000931. The van der Waals surface area contributed by atoms with E-state index in [0.29, 0.717) is 6.61 Å². The topological polar surface area (TPSA) is 30.5 Å². The van der Waals surface area contributed by atoms with Crippen LogP contribution in [-0.2, 0) is 11.3 Å². The number of benzene rings is 2. The van der Waals surface area contributed by atoms with Gasteiger partial charge < -0.3 is 14.8 Å². The molecule has 106 valence electrons. The van der Waals surface area contributed by atoms with Gasteiger partial charge in [-0.15, -0.1) is 0 Å². The molecule has 0 saturated heterocycles. The Bertz CT molecular complexity index is 513. The first-order valence-corrected chi connectivity index (χ1v) is 6.77. The van der Waals surface area contributed by atoms with Crippen molar-refractivity contribution >= 4 is 0 Å². The van der Waals surface area contributed by atoms with Gasteiger partial charge in [-0.3, -0.25) is 0 Å². The van der Waals surface area contributed by atoms with E-state index < -0.39 is 0 Å². The molecule has 0 amide bonds. The van der Waals surface area contributed by atoms with Crippen molar-refractivity contribution in [3.8, 4) is 5.75 Å². The standard InChI is InChI=1S/C17H21NO2/c1-18-12-17(15-8-4-3-5-9-15)20-16-10-6-7-14(11-16)13-19-2/h3-11,17-18H,12-13H2,1-2H3. The molecule has 0 bridgehead atoms. The van der Waals surface area contributed by atoms with Gasteiger partial charge in [-0.2, -0.15) is 0 Å². The second-order valence-corrected chi connectivity index (χ2v) is 4.66. The predicted molar refractivity (Wildman–Crippen MR) is 80.9 cm³/mol. The van der Waals surface area contributed by atoms with E-state index in [0.717, 1.165) is 17.9 Å². The summed E-state index contributed by atoms with van der Waals surface area (Å²) in [5.74, 6) is 0.864. The second kappa shape index (κ2) is 7.68. The fourth-order valence-corrected chi connectivity index (χ4v) is 2.12. The minimum atomic E-state index is -0.000931. The number of nitrogens with one attached hydrogen (secondary N) is 1. The Hall–Kier alpha value is -1.84.